The molecule has 5 aromatic rings. The van der Waals surface area contributed by atoms with E-state index in [0.29, 0.717) is 0 Å². The lowest BCUT2D eigenvalue weighted by Gasteiger charge is -1.98. The van der Waals surface area contributed by atoms with Crippen LogP contribution in [0.3, 0.4) is 0 Å². The number of benzene rings is 3. The van der Waals surface area contributed by atoms with E-state index < -0.39 is 0 Å². The van der Waals surface area contributed by atoms with E-state index in [1.54, 1.807) is 0 Å². The summed E-state index contributed by atoms with van der Waals surface area (Å²) in [6, 6.07) is 21.9. The number of rotatable bonds is 2. The highest BCUT2D eigenvalue weighted by atomic mass is 32.1. The quantitative estimate of drug-likeness (QED) is 0.155. The zero-order valence-corrected chi connectivity index (χ0v) is 22.0. The minimum atomic E-state index is 0.750. The zero-order chi connectivity index (χ0) is 25.5. The first-order valence-electron chi connectivity index (χ1n) is 12.2. The molecule has 1 aliphatic carbocycles. The van der Waals surface area contributed by atoms with Crippen LogP contribution < -0.4 is 16.2 Å². The standard InChI is InChI=1S/C21H19NS.C10H10.CH4N2/c1-4-5-6-9-15-14(2)22(3)19-13-21-18(12-17(15)19)16-10-7-8-11-20(16)23-21;1-2-6-10-8-4-3-7-9(10)5-1;2-1-3/h4-13H,1-3H3;1-2,5-8H,3-4H2;1H,(H3,2,3)/b5-4?,9-6-;;. The summed E-state index contributed by atoms with van der Waals surface area (Å²) in [5.41, 5.74) is 8.32. The van der Waals surface area contributed by atoms with Gasteiger partial charge in [0, 0.05) is 43.9 Å². The Labute approximate surface area is 216 Å². The molecular weight excluding hydrogens is 458 g/mol. The number of nitrogens with two attached hydrogens (primary N) is 1. The molecule has 6 rings (SSSR count). The third kappa shape index (κ3) is 5.19. The van der Waals surface area contributed by atoms with Gasteiger partial charge in [-0.15, -0.1) is 11.3 Å². The van der Waals surface area contributed by atoms with Gasteiger partial charge < -0.3 is 10.3 Å². The number of hydrogen-bond acceptors (Lipinski definition) is 2. The average molecular weight is 492 g/mol. The second kappa shape index (κ2) is 11.7. The molecule has 3 aromatic carbocycles. The Hall–Kier alpha value is -3.89. The molecule has 4 heteroatoms. The van der Waals surface area contributed by atoms with Gasteiger partial charge in [-0.1, -0.05) is 78.9 Å². The van der Waals surface area contributed by atoms with E-state index in [4.69, 9.17) is 5.41 Å². The topological polar surface area (TPSA) is 54.8 Å². The Kier molecular flexibility index (Phi) is 8.19. The molecule has 0 aliphatic heterocycles. The fraction of sp³-hybridized carbons (Fsp3) is 0.156. The summed E-state index contributed by atoms with van der Waals surface area (Å²) in [6.07, 6.45) is 16.2. The molecule has 0 saturated heterocycles. The molecule has 2 heterocycles. The normalized spacial score (nSPS) is 12.5. The zero-order valence-electron chi connectivity index (χ0n) is 21.2. The number of aromatic nitrogens is 1. The van der Waals surface area contributed by atoms with Gasteiger partial charge in [0.25, 0.3) is 0 Å². The van der Waals surface area contributed by atoms with E-state index in [9.17, 15) is 0 Å². The number of nitrogens with zero attached hydrogens (tertiary/aromatic N) is 1. The largest absolute Gasteiger partial charge is 0.390 e. The lowest BCUT2D eigenvalue weighted by molar-refractivity contribution is 0.917. The van der Waals surface area contributed by atoms with Crippen molar-refractivity contribution in [2.75, 3.05) is 0 Å². The lowest BCUT2D eigenvalue weighted by atomic mass is 10.1. The van der Waals surface area contributed by atoms with Crippen LogP contribution in [0.2, 0.25) is 0 Å². The molecule has 1 aliphatic rings. The van der Waals surface area contributed by atoms with Crippen LogP contribution in [-0.2, 0) is 7.05 Å². The molecule has 0 spiro atoms. The van der Waals surface area contributed by atoms with Crippen molar-refractivity contribution in [3.05, 3.63) is 101 Å². The number of fused-ring (bicyclic) bond motifs is 5. The van der Waals surface area contributed by atoms with E-state index in [2.05, 4.69) is 121 Å². The van der Waals surface area contributed by atoms with Gasteiger partial charge in [-0.3, -0.25) is 5.41 Å². The Morgan fingerprint density at radius 3 is 2.17 bits per heavy atom. The molecule has 0 atom stereocenters. The third-order valence-corrected chi connectivity index (χ3v) is 7.63. The number of thiophene rings is 1. The molecule has 182 valence electrons. The molecule has 0 amide bonds. The Bertz CT molecular complexity index is 1660. The Balaban J connectivity index is 0.000000194. The highest BCUT2D eigenvalue weighted by molar-refractivity contribution is 7.25. The molecule has 3 N–H and O–H groups in total. The van der Waals surface area contributed by atoms with Crippen molar-refractivity contribution in [2.24, 2.45) is 12.8 Å². The van der Waals surface area contributed by atoms with Gasteiger partial charge in [0.15, 0.2) is 0 Å². The van der Waals surface area contributed by atoms with Crippen molar-refractivity contribution in [2.45, 2.75) is 26.7 Å². The van der Waals surface area contributed by atoms with Crippen molar-refractivity contribution < 1.29 is 0 Å². The maximum absolute atomic E-state index is 5.86. The molecular formula is C32H33N3S. The van der Waals surface area contributed by atoms with Gasteiger partial charge in [0.1, 0.15) is 0 Å². The highest BCUT2D eigenvalue weighted by Gasteiger charge is 2.13. The second-order valence-corrected chi connectivity index (χ2v) is 9.77. The molecule has 0 radical (unpaired) electrons. The Morgan fingerprint density at radius 1 is 0.861 bits per heavy atom. The predicted molar refractivity (Wildman–Crippen MR) is 161 cm³/mol. The number of aryl methyl sites for hydroxylation is 1. The minimum Gasteiger partial charge on any atom is -0.390 e. The van der Waals surface area contributed by atoms with E-state index in [1.807, 2.05) is 18.3 Å². The van der Waals surface area contributed by atoms with Gasteiger partial charge in [0.05, 0.1) is 11.9 Å². The molecule has 0 unspecified atom stereocenters. The number of nitrogens with one attached hydrogen (secondary N) is 1. The summed E-state index contributed by atoms with van der Waals surface area (Å²) in [5, 5.41) is 12.7. The van der Waals surface area contributed by atoms with Crippen molar-refractivity contribution in [1.82, 2.24) is 4.57 Å². The van der Waals surface area contributed by atoms with E-state index >= 15 is 0 Å². The first-order valence-corrected chi connectivity index (χ1v) is 13.1. The van der Waals surface area contributed by atoms with Crippen LogP contribution in [0.25, 0.3) is 49.3 Å². The van der Waals surface area contributed by atoms with Crippen LogP contribution in [0.15, 0.2) is 78.9 Å². The van der Waals surface area contributed by atoms with Crippen LogP contribution in [0.5, 0.6) is 0 Å². The van der Waals surface area contributed by atoms with Crippen molar-refractivity contribution >= 4 is 67.0 Å². The average Bonchev–Trinajstić information content (AvgIpc) is 3.38. The van der Waals surface area contributed by atoms with Crippen molar-refractivity contribution in [1.29, 1.82) is 5.41 Å². The molecule has 0 saturated carbocycles. The first kappa shape index (κ1) is 25.2. The van der Waals surface area contributed by atoms with Crippen LogP contribution in [0.4, 0.5) is 0 Å². The Morgan fingerprint density at radius 2 is 1.50 bits per heavy atom. The van der Waals surface area contributed by atoms with Gasteiger partial charge in [0.2, 0.25) is 0 Å². The fourth-order valence-corrected chi connectivity index (χ4v) is 5.76. The summed E-state index contributed by atoms with van der Waals surface area (Å²) in [4.78, 5) is 0. The molecule has 36 heavy (non-hydrogen) atoms. The molecule has 0 fully saturated rings. The summed E-state index contributed by atoms with van der Waals surface area (Å²) in [5.74, 6) is 0. The number of allylic oxidation sites excluding steroid dienone is 3. The third-order valence-electron chi connectivity index (χ3n) is 6.50. The predicted octanol–water partition coefficient (Wildman–Crippen LogP) is 7.04. The maximum Gasteiger partial charge on any atom is 0.0765 e. The lowest BCUT2D eigenvalue weighted by Crippen LogP contribution is -2.25. The summed E-state index contributed by atoms with van der Waals surface area (Å²) < 4.78 is 5.03. The van der Waals surface area contributed by atoms with E-state index in [-0.39, 0.29) is 0 Å². The van der Waals surface area contributed by atoms with Crippen LogP contribution >= 0.6 is 11.3 Å². The summed E-state index contributed by atoms with van der Waals surface area (Å²) in [7, 11) is 2.16. The van der Waals surface area contributed by atoms with E-state index in [1.165, 1.54) is 65.6 Å². The minimum absolute atomic E-state index is 0.750. The number of hydrogen-bond donors (Lipinski definition) is 2. The van der Waals surface area contributed by atoms with Crippen LogP contribution in [0.1, 0.15) is 31.0 Å². The molecule has 3 nitrogen and oxygen atoms in total. The second-order valence-electron chi connectivity index (χ2n) is 8.69. The first-order chi connectivity index (χ1) is 17.6. The monoisotopic (exact) mass is 491 g/mol. The van der Waals surface area contributed by atoms with Gasteiger partial charge in [-0.25, -0.2) is 0 Å². The summed E-state index contributed by atoms with van der Waals surface area (Å²) >= 11 is 1.88. The highest BCUT2D eigenvalue weighted by Crippen LogP contribution is 2.38. The molecule has 2 aromatic heterocycles. The van der Waals surface area contributed by atoms with Crippen LogP contribution in [0, 0.1) is 12.3 Å². The van der Waals surface area contributed by atoms with Gasteiger partial charge >= 0.3 is 0 Å². The summed E-state index contributed by atoms with van der Waals surface area (Å²) in [6.45, 7) is 4.24. The van der Waals surface area contributed by atoms with Gasteiger partial charge in [-0.05, 0) is 55.3 Å². The smallest absolute Gasteiger partial charge is 0.0765 e. The fourth-order valence-electron chi connectivity index (χ4n) is 4.64. The van der Waals surface area contributed by atoms with Gasteiger partial charge in [-0.2, -0.15) is 0 Å². The maximum atomic E-state index is 5.86. The SMILES string of the molecule is C1=c2ccccc2=CCC1.CC=C/C=C\c1c(C)n(C)c2cc3sc4ccccc4c3cc12.N=CN. The molecule has 0 bridgehead atoms. The van der Waals surface area contributed by atoms with Crippen LogP contribution in [-0.4, -0.2) is 10.9 Å². The van der Waals surface area contributed by atoms with Crippen molar-refractivity contribution in [3.8, 4) is 0 Å². The van der Waals surface area contributed by atoms with Crippen molar-refractivity contribution in [3.63, 3.8) is 0 Å². The van der Waals surface area contributed by atoms with E-state index in [0.717, 1.165) is 6.34 Å².